The quantitative estimate of drug-likeness (QED) is 0.830. The number of nitrogens with zero attached hydrogens (tertiary/aromatic N) is 1. The van der Waals surface area contributed by atoms with Gasteiger partial charge in [-0.1, -0.05) is 12.2 Å². The predicted octanol–water partition coefficient (Wildman–Crippen LogP) is 2.76. The van der Waals surface area contributed by atoms with Gasteiger partial charge in [-0.3, -0.25) is 9.59 Å². The fourth-order valence-electron chi connectivity index (χ4n) is 2.26. The lowest BCUT2D eigenvalue weighted by atomic mass is 9.82. The van der Waals surface area contributed by atoms with Crippen LogP contribution < -0.4 is 5.32 Å². The number of pyridine rings is 1. The average molecular weight is 339 g/mol. The largest absolute Gasteiger partial charge is 0.481 e. The van der Waals surface area contributed by atoms with Gasteiger partial charge < -0.3 is 10.4 Å². The number of carboxylic acid groups (broad SMARTS) is 1. The highest BCUT2D eigenvalue weighted by atomic mass is 79.9. The summed E-state index contributed by atoms with van der Waals surface area (Å²) in [6.07, 6.45) is 6.09. The molecule has 0 aliphatic heterocycles. The number of amides is 1. The van der Waals surface area contributed by atoms with Crippen LogP contribution in [0.2, 0.25) is 0 Å². The van der Waals surface area contributed by atoms with E-state index in [9.17, 15) is 14.7 Å². The summed E-state index contributed by atoms with van der Waals surface area (Å²) in [7, 11) is 0. The maximum atomic E-state index is 12.3. The minimum absolute atomic E-state index is 0.292. The van der Waals surface area contributed by atoms with Crippen molar-refractivity contribution in [2.75, 3.05) is 5.32 Å². The Morgan fingerprint density at radius 1 is 1.35 bits per heavy atom. The van der Waals surface area contributed by atoms with E-state index in [0.29, 0.717) is 18.7 Å². The van der Waals surface area contributed by atoms with E-state index >= 15 is 0 Å². The Hall–Kier alpha value is -1.69. The number of hydrogen-bond donors (Lipinski definition) is 2. The second-order valence-corrected chi connectivity index (χ2v) is 5.72. The smallest absolute Gasteiger partial charge is 0.307 e. The van der Waals surface area contributed by atoms with Crippen molar-refractivity contribution >= 4 is 33.6 Å². The van der Waals surface area contributed by atoms with Gasteiger partial charge in [0.1, 0.15) is 5.82 Å². The maximum absolute atomic E-state index is 12.3. The Morgan fingerprint density at radius 3 is 2.60 bits per heavy atom. The molecule has 1 amide bonds. The van der Waals surface area contributed by atoms with Crippen molar-refractivity contribution in [1.29, 1.82) is 0 Å². The normalized spacial score (nSPS) is 21.5. The van der Waals surface area contributed by atoms with Gasteiger partial charge in [0, 0.05) is 10.7 Å². The highest BCUT2D eigenvalue weighted by Crippen LogP contribution is 2.27. The van der Waals surface area contributed by atoms with Gasteiger partial charge in [0.05, 0.1) is 11.8 Å². The van der Waals surface area contributed by atoms with Gasteiger partial charge in [-0.05, 0) is 47.3 Å². The molecule has 2 N–H and O–H groups in total. The average Bonchev–Trinajstić information content (AvgIpc) is 2.41. The number of allylic oxidation sites excluding steroid dienone is 2. The highest BCUT2D eigenvalue weighted by molar-refractivity contribution is 9.10. The second-order valence-electron chi connectivity index (χ2n) is 4.80. The molecule has 1 aromatic heterocycles. The van der Waals surface area contributed by atoms with Gasteiger partial charge in [-0.2, -0.15) is 0 Å². The molecule has 0 unspecified atom stereocenters. The molecule has 0 saturated carbocycles. The molecule has 0 fully saturated rings. The molecule has 5 nitrogen and oxygen atoms in total. The van der Waals surface area contributed by atoms with Crippen LogP contribution in [0.3, 0.4) is 0 Å². The minimum Gasteiger partial charge on any atom is -0.481 e. The van der Waals surface area contributed by atoms with Crippen LogP contribution in [-0.2, 0) is 9.59 Å². The molecule has 6 heteroatoms. The molecular formula is C14H15BrN2O3. The number of aliphatic carboxylic acids is 1. The van der Waals surface area contributed by atoms with Gasteiger partial charge in [-0.15, -0.1) is 0 Å². The van der Waals surface area contributed by atoms with Gasteiger partial charge in [-0.25, -0.2) is 4.98 Å². The third-order valence-corrected chi connectivity index (χ3v) is 3.81. The topological polar surface area (TPSA) is 79.3 Å². The molecule has 2 atom stereocenters. The first-order valence-electron chi connectivity index (χ1n) is 6.30. The van der Waals surface area contributed by atoms with Crippen LogP contribution in [0.5, 0.6) is 0 Å². The van der Waals surface area contributed by atoms with Crippen molar-refractivity contribution in [1.82, 2.24) is 4.98 Å². The molecule has 2 rings (SSSR count). The molecule has 1 aromatic rings. The first-order chi connectivity index (χ1) is 9.49. The summed E-state index contributed by atoms with van der Waals surface area (Å²) < 4.78 is 0.831. The summed E-state index contributed by atoms with van der Waals surface area (Å²) in [5, 5.41) is 11.9. The van der Waals surface area contributed by atoms with Crippen molar-refractivity contribution < 1.29 is 14.7 Å². The molecule has 106 valence electrons. The lowest BCUT2D eigenvalue weighted by Crippen LogP contribution is -2.35. The Morgan fingerprint density at radius 2 is 2.00 bits per heavy atom. The summed E-state index contributed by atoms with van der Waals surface area (Å²) >= 11 is 3.31. The van der Waals surface area contributed by atoms with Crippen LogP contribution >= 0.6 is 15.9 Å². The fraction of sp³-hybridized carbons (Fsp3) is 0.357. The summed E-state index contributed by atoms with van der Waals surface area (Å²) in [6, 6.07) is 1.85. The number of hydrogen-bond acceptors (Lipinski definition) is 3. The van der Waals surface area contributed by atoms with Crippen LogP contribution in [0, 0.1) is 18.8 Å². The first kappa shape index (κ1) is 14.7. The second kappa shape index (κ2) is 6.17. The molecule has 0 aromatic carbocycles. The van der Waals surface area contributed by atoms with Crippen LogP contribution in [0.1, 0.15) is 18.4 Å². The van der Waals surface area contributed by atoms with Crippen molar-refractivity contribution in [2.24, 2.45) is 11.8 Å². The van der Waals surface area contributed by atoms with E-state index < -0.39 is 17.8 Å². The van der Waals surface area contributed by atoms with Gasteiger partial charge >= 0.3 is 5.97 Å². The Kier molecular flexibility index (Phi) is 4.54. The SMILES string of the molecule is Cc1cc(Br)cnc1NC(=O)[C@@H]1CC=CC[C@@H]1C(=O)O. The number of halogens is 1. The third kappa shape index (κ3) is 3.25. The number of aryl methyl sites for hydroxylation is 1. The zero-order chi connectivity index (χ0) is 14.7. The number of nitrogens with one attached hydrogen (secondary N) is 1. The molecule has 20 heavy (non-hydrogen) atoms. The third-order valence-electron chi connectivity index (χ3n) is 3.37. The van der Waals surface area contributed by atoms with Gasteiger partial charge in [0.15, 0.2) is 0 Å². The van der Waals surface area contributed by atoms with Crippen LogP contribution in [0.4, 0.5) is 5.82 Å². The van der Waals surface area contributed by atoms with Crippen LogP contribution in [0.15, 0.2) is 28.9 Å². The number of carboxylic acids is 1. The van der Waals surface area contributed by atoms with Crippen molar-refractivity contribution in [3.8, 4) is 0 Å². The minimum atomic E-state index is -0.935. The Labute approximate surface area is 125 Å². The van der Waals surface area contributed by atoms with E-state index in [1.807, 2.05) is 25.1 Å². The number of rotatable bonds is 3. The lowest BCUT2D eigenvalue weighted by molar-refractivity contribution is -0.146. The zero-order valence-corrected chi connectivity index (χ0v) is 12.6. The Bertz CT molecular complexity index is 572. The van der Waals surface area contributed by atoms with Crippen LogP contribution in [0.25, 0.3) is 0 Å². The molecule has 1 aliphatic rings. The zero-order valence-electron chi connectivity index (χ0n) is 11.0. The van der Waals surface area contributed by atoms with E-state index in [-0.39, 0.29) is 5.91 Å². The van der Waals surface area contributed by atoms with Crippen molar-refractivity contribution in [3.05, 3.63) is 34.5 Å². The summed E-state index contributed by atoms with van der Waals surface area (Å²) in [5.74, 6) is -1.98. The number of carbonyl (C=O) groups excluding carboxylic acids is 1. The monoisotopic (exact) mass is 338 g/mol. The molecule has 0 saturated heterocycles. The molecular weight excluding hydrogens is 324 g/mol. The van der Waals surface area contributed by atoms with E-state index in [0.717, 1.165) is 10.0 Å². The Balaban J connectivity index is 2.14. The summed E-state index contributed by atoms with van der Waals surface area (Å²) in [6.45, 7) is 1.84. The molecule has 0 spiro atoms. The molecule has 0 bridgehead atoms. The van der Waals surface area contributed by atoms with Crippen molar-refractivity contribution in [2.45, 2.75) is 19.8 Å². The van der Waals surface area contributed by atoms with E-state index in [1.54, 1.807) is 6.20 Å². The number of carbonyl (C=O) groups is 2. The predicted molar refractivity (Wildman–Crippen MR) is 78.3 cm³/mol. The summed E-state index contributed by atoms with van der Waals surface area (Å²) in [5.41, 5.74) is 0.825. The molecule has 0 radical (unpaired) electrons. The summed E-state index contributed by atoms with van der Waals surface area (Å²) in [4.78, 5) is 27.6. The van der Waals surface area contributed by atoms with Crippen molar-refractivity contribution in [3.63, 3.8) is 0 Å². The fourth-order valence-corrected chi connectivity index (χ4v) is 2.70. The van der Waals surface area contributed by atoms with E-state index in [2.05, 4.69) is 26.2 Å². The highest BCUT2D eigenvalue weighted by Gasteiger charge is 2.34. The standard InChI is InChI=1S/C14H15BrN2O3/c1-8-6-9(15)7-16-12(8)17-13(18)10-4-2-3-5-11(10)14(19)20/h2-3,6-7,10-11H,4-5H2,1H3,(H,19,20)(H,16,17,18)/t10-,11+/m1/s1. The first-order valence-corrected chi connectivity index (χ1v) is 7.09. The van der Waals surface area contributed by atoms with E-state index in [4.69, 9.17) is 0 Å². The maximum Gasteiger partial charge on any atom is 0.307 e. The van der Waals surface area contributed by atoms with E-state index in [1.165, 1.54) is 0 Å². The number of aromatic nitrogens is 1. The van der Waals surface area contributed by atoms with Gasteiger partial charge in [0.25, 0.3) is 0 Å². The molecule has 1 aliphatic carbocycles. The molecule has 1 heterocycles. The lowest BCUT2D eigenvalue weighted by Gasteiger charge is -2.24. The number of anilines is 1. The van der Waals surface area contributed by atoms with Crippen LogP contribution in [-0.4, -0.2) is 22.0 Å². The van der Waals surface area contributed by atoms with Gasteiger partial charge in [0.2, 0.25) is 5.91 Å².